The molecule has 2 atom stereocenters. The number of allylic oxidation sites excluding steroid dienone is 1. The lowest BCUT2D eigenvalue weighted by Crippen LogP contribution is -2.32. The first kappa shape index (κ1) is 10.4. The zero-order chi connectivity index (χ0) is 11.4. The lowest BCUT2D eigenvalue weighted by molar-refractivity contribution is -0.132. The first-order valence-electron chi connectivity index (χ1n) is 5.30. The van der Waals surface area contributed by atoms with Gasteiger partial charge in [-0.2, -0.15) is 0 Å². The Morgan fingerprint density at radius 3 is 2.47 bits per heavy atom. The molecule has 0 saturated heterocycles. The Balaban J connectivity index is 2.52. The maximum absolute atomic E-state index is 12.1. The molecule has 82 valence electrons. The lowest BCUT2D eigenvalue weighted by Gasteiger charge is -2.31. The molecule has 2 saturated carbocycles. The summed E-state index contributed by atoms with van der Waals surface area (Å²) < 4.78 is 0. The summed E-state index contributed by atoms with van der Waals surface area (Å²) in [4.78, 5) is 22.8. The van der Waals surface area contributed by atoms with Gasteiger partial charge in [-0.1, -0.05) is 20.8 Å². The number of hydrogen-bond acceptors (Lipinski definition) is 2. The Labute approximate surface area is 89.2 Å². The van der Waals surface area contributed by atoms with Crippen molar-refractivity contribution in [3.63, 3.8) is 0 Å². The molecule has 0 radical (unpaired) electrons. The van der Waals surface area contributed by atoms with Crippen molar-refractivity contribution < 1.29 is 14.7 Å². The van der Waals surface area contributed by atoms with Gasteiger partial charge in [0.15, 0.2) is 5.78 Å². The van der Waals surface area contributed by atoms with E-state index in [0.717, 1.165) is 18.9 Å². The second kappa shape index (κ2) is 2.71. The number of carboxylic acid groups (broad SMARTS) is 1. The van der Waals surface area contributed by atoms with E-state index in [0.29, 0.717) is 5.57 Å². The van der Waals surface area contributed by atoms with Crippen LogP contribution in [0.15, 0.2) is 11.6 Å². The Morgan fingerprint density at radius 1 is 1.47 bits per heavy atom. The molecule has 0 aromatic heterocycles. The molecule has 2 fully saturated rings. The normalized spacial score (nSPS) is 40.1. The van der Waals surface area contributed by atoms with Crippen LogP contribution in [0.5, 0.6) is 0 Å². The van der Waals surface area contributed by atoms with Crippen LogP contribution in [0.25, 0.3) is 0 Å². The van der Waals surface area contributed by atoms with Crippen molar-refractivity contribution in [2.24, 2.45) is 16.7 Å². The summed E-state index contributed by atoms with van der Waals surface area (Å²) in [6, 6.07) is 0. The molecule has 2 aliphatic carbocycles. The van der Waals surface area contributed by atoms with Crippen molar-refractivity contribution in [1.29, 1.82) is 0 Å². The van der Waals surface area contributed by atoms with E-state index in [-0.39, 0.29) is 22.5 Å². The fourth-order valence-electron chi connectivity index (χ4n) is 3.23. The fourth-order valence-corrected chi connectivity index (χ4v) is 3.23. The maximum atomic E-state index is 12.1. The van der Waals surface area contributed by atoms with Crippen LogP contribution in [0.2, 0.25) is 0 Å². The van der Waals surface area contributed by atoms with Crippen LogP contribution in [0.4, 0.5) is 0 Å². The predicted octanol–water partition coefficient (Wildman–Crippen LogP) is 2.02. The van der Waals surface area contributed by atoms with E-state index in [1.807, 2.05) is 6.92 Å². The molecule has 3 nitrogen and oxygen atoms in total. The van der Waals surface area contributed by atoms with E-state index in [2.05, 4.69) is 13.8 Å². The summed E-state index contributed by atoms with van der Waals surface area (Å²) in [5.74, 6) is -0.831. The molecule has 0 aromatic carbocycles. The summed E-state index contributed by atoms with van der Waals surface area (Å²) >= 11 is 0. The highest BCUT2D eigenvalue weighted by molar-refractivity contribution is 6.07. The maximum Gasteiger partial charge on any atom is 0.328 e. The van der Waals surface area contributed by atoms with Crippen LogP contribution in [-0.4, -0.2) is 16.9 Å². The zero-order valence-electron chi connectivity index (χ0n) is 9.33. The minimum atomic E-state index is -1.01. The van der Waals surface area contributed by atoms with Crippen molar-refractivity contribution in [3.8, 4) is 0 Å². The average Bonchev–Trinajstić information content (AvgIpc) is 2.40. The summed E-state index contributed by atoms with van der Waals surface area (Å²) in [5, 5.41) is 8.75. The van der Waals surface area contributed by atoms with Gasteiger partial charge in [0.1, 0.15) is 0 Å². The number of carbonyl (C=O) groups is 2. The third-order valence-electron chi connectivity index (χ3n) is 4.64. The number of carboxylic acids is 1. The Kier molecular flexibility index (Phi) is 1.88. The Bertz CT molecular complexity index is 378. The van der Waals surface area contributed by atoms with Crippen LogP contribution >= 0.6 is 0 Å². The highest BCUT2D eigenvalue weighted by Gasteiger charge is 2.64. The number of aliphatic carboxylic acids is 1. The van der Waals surface area contributed by atoms with Crippen LogP contribution < -0.4 is 0 Å². The van der Waals surface area contributed by atoms with Gasteiger partial charge in [-0.25, -0.2) is 4.79 Å². The number of hydrogen-bond donors (Lipinski definition) is 1. The van der Waals surface area contributed by atoms with Crippen molar-refractivity contribution >= 4 is 11.8 Å². The van der Waals surface area contributed by atoms with E-state index in [1.165, 1.54) is 0 Å². The van der Waals surface area contributed by atoms with Gasteiger partial charge in [0.25, 0.3) is 0 Å². The van der Waals surface area contributed by atoms with Crippen molar-refractivity contribution in [3.05, 3.63) is 11.6 Å². The molecule has 2 aliphatic rings. The van der Waals surface area contributed by atoms with Crippen LogP contribution in [0.3, 0.4) is 0 Å². The van der Waals surface area contributed by atoms with Gasteiger partial charge in [-0.05, 0) is 24.2 Å². The second-order valence-corrected chi connectivity index (χ2v) is 5.41. The third kappa shape index (κ3) is 1.06. The van der Waals surface area contributed by atoms with Gasteiger partial charge in [0.05, 0.1) is 0 Å². The Hall–Kier alpha value is -1.12. The first-order valence-corrected chi connectivity index (χ1v) is 5.30. The van der Waals surface area contributed by atoms with E-state index >= 15 is 0 Å². The summed E-state index contributed by atoms with van der Waals surface area (Å²) in [6.07, 6.45) is 2.94. The molecule has 3 heteroatoms. The van der Waals surface area contributed by atoms with E-state index < -0.39 is 5.97 Å². The third-order valence-corrected chi connectivity index (χ3v) is 4.64. The second-order valence-electron chi connectivity index (χ2n) is 5.41. The number of fused-ring (bicyclic) bond motifs is 2. The number of Topliss-reactive ketones (excluding diaryl/α,β-unsaturated/α-hetero) is 1. The summed E-state index contributed by atoms with van der Waals surface area (Å²) in [7, 11) is 0. The van der Waals surface area contributed by atoms with Crippen molar-refractivity contribution in [2.75, 3.05) is 0 Å². The van der Waals surface area contributed by atoms with Gasteiger partial charge in [0.2, 0.25) is 0 Å². The van der Waals surface area contributed by atoms with Gasteiger partial charge in [-0.3, -0.25) is 4.79 Å². The highest BCUT2D eigenvalue weighted by atomic mass is 16.4. The number of rotatable bonds is 1. The van der Waals surface area contributed by atoms with Gasteiger partial charge in [-0.15, -0.1) is 0 Å². The Morgan fingerprint density at radius 2 is 2.07 bits per heavy atom. The van der Waals surface area contributed by atoms with E-state index in [1.54, 1.807) is 0 Å². The molecule has 2 bridgehead atoms. The number of carbonyl (C=O) groups excluding carboxylic acids is 1. The molecule has 0 aromatic rings. The standard InChI is InChI=1S/C12H16O3/c1-11(2)8-4-5-12(11,3)10(15)7(8)6-9(13)14/h6,8H,4-5H2,1-3H3,(H,13,14)/b7-6-/t8-,12+/m0/s1. The SMILES string of the molecule is CC1(C)[C@H]2CC[C@]1(C)C(=O)/C2=C\C(=O)O. The largest absolute Gasteiger partial charge is 0.478 e. The predicted molar refractivity (Wildman–Crippen MR) is 55.3 cm³/mol. The molecule has 0 unspecified atom stereocenters. The monoisotopic (exact) mass is 208 g/mol. The smallest absolute Gasteiger partial charge is 0.328 e. The topological polar surface area (TPSA) is 54.4 Å². The van der Waals surface area contributed by atoms with Crippen LogP contribution in [0, 0.1) is 16.7 Å². The number of ketones is 1. The molecule has 0 spiro atoms. The van der Waals surface area contributed by atoms with Gasteiger partial charge < -0.3 is 5.11 Å². The molecule has 0 amide bonds. The van der Waals surface area contributed by atoms with Crippen molar-refractivity contribution in [2.45, 2.75) is 33.6 Å². The van der Waals surface area contributed by atoms with Gasteiger partial charge in [0, 0.05) is 17.1 Å². The van der Waals surface area contributed by atoms with E-state index in [9.17, 15) is 9.59 Å². The van der Waals surface area contributed by atoms with Crippen LogP contribution in [-0.2, 0) is 9.59 Å². The molecule has 0 aliphatic heterocycles. The molecular formula is C12H16O3. The first-order chi connectivity index (χ1) is 6.80. The van der Waals surface area contributed by atoms with Crippen molar-refractivity contribution in [1.82, 2.24) is 0 Å². The average molecular weight is 208 g/mol. The summed E-state index contributed by atoms with van der Waals surface area (Å²) in [6.45, 7) is 6.12. The summed E-state index contributed by atoms with van der Waals surface area (Å²) in [5.41, 5.74) is 0.0888. The minimum Gasteiger partial charge on any atom is -0.478 e. The fraction of sp³-hybridized carbons (Fsp3) is 0.667. The minimum absolute atomic E-state index is 0.0474. The molecule has 15 heavy (non-hydrogen) atoms. The lowest BCUT2D eigenvalue weighted by atomic mass is 9.70. The zero-order valence-corrected chi connectivity index (χ0v) is 9.33. The molecule has 0 heterocycles. The van der Waals surface area contributed by atoms with Gasteiger partial charge >= 0.3 is 5.97 Å². The van der Waals surface area contributed by atoms with E-state index in [4.69, 9.17) is 5.11 Å². The highest BCUT2D eigenvalue weighted by Crippen LogP contribution is 2.65. The van der Waals surface area contributed by atoms with Crippen LogP contribution in [0.1, 0.15) is 33.6 Å². The quantitative estimate of drug-likeness (QED) is 0.671. The molecule has 2 rings (SSSR count). The molecule has 1 N–H and O–H groups in total. The molecular weight excluding hydrogens is 192 g/mol.